The molecule has 1 aromatic rings. The van der Waals surface area contributed by atoms with Crippen molar-refractivity contribution in [3.8, 4) is 0 Å². The number of nitrogen functional groups attached to an aromatic ring is 1. The molecule has 4 heteroatoms. The van der Waals surface area contributed by atoms with Crippen molar-refractivity contribution in [3.05, 3.63) is 29.6 Å². The van der Waals surface area contributed by atoms with E-state index in [2.05, 4.69) is 0 Å². The zero-order valence-electron chi connectivity index (χ0n) is 7.25. The molecular weight excluding hydrogens is 171 g/mol. The van der Waals surface area contributed by atoms with Crippen molar-refractivity contribution in [2.45, 2.75) is 13.0 Å². The normalized spacial score (nSPS) is 12.5. The van der Waals surface area contributed by atoms with E-state index in [-0.39, 0.29) is 11.5 Å². The molecule has 1 unspecified atom stereocenters. The molecule has 0 aliphatic carbocycles. The number of Topliss-reactive ketones (excluding diaryl/α,β-unsaturated/α-hetero) is 1. The van der Waals surface area contributed by atoms with Gasteiger partial charge >= 0.3 is 0 Å². The van der Waals surface area contributed by atoms with Gasteiger partial charge in [-0.15, -0.1) is 0 Å². The number of ketones is 1. The third-order valence-electron chi connectivity index (χ3n) is 1.82. The average molecular weight is 182 g/mol. The van der Waals surface area contributed by atoms with E-state index in [1.54, 1.807) is 6.07 Å². The molecule has 1 aromatic carbocycles. The van der Waals surface area contributed by atoms with Gasteiger partial charge in [0, 0.05) is 0 Å². The second kappa shape index (κ2) is 3.53. The molecule has 0 heterocycles. The van der Waals surface area contributed by atoms with E-state index in [9.17, 15) is 9.18 Å². The molecule has 0 fully saturated rings. The molecule has 1 rings (SSSR count). The van der Waals surface area contributed by atoms with Gasteiger partial charge in [0.25, 0.3) is 0 Å². The summed E-state index contributed by atoms with van der Waals surface area (Å²) in [4.78, 5) is 10.9. The van der Waals surface area contributed by atoms with Crippen LogP contribution in [0.4, 0.5) is 10.1 Å². The number of halogens is 1. The number of carbonyl (C=O) groups excluding carboxylic acids is 1. The van der Waals surface area contributed by atoms with Crippen LogP contribution in [-0.2, 0) is 4.79 Å². The number of nitrogens with two attached hydrogens (primary N) is 2. The van der Waals surface area contributed by atoms with Gasteiger partial charge in [0.05, 0.1) is 11.7 Å². The van der Waals surface area contributed by atoms with Crippen LogP contribution in [0, 0.1) is 5.82 Å². The maximum atomic E-state index is 12.9. The van der Waals surface area contributed by atoms with Crippen LogP contribution in [0.2, 0.25) is 0 Å². The van der Waals surface area contributed by atoms with Crippen LogP contribution in [0.3, 0.4) is 0 Å². The van der Waals surface area contributed by atoms with Gasteiger partial charge in [-0.1, -0.05) is 6.07 Å². The van der Waals surface area contributed by atoms with Crippen LogP contribution in [0.25, 0.3) is 0 Å². The average Bonchev–Trinajstić information content (AvgIpc) is 2.08. The van der Waals surface area contributed by atoms with E-state index in [1.807, 2.05) is 0 Å². The predicted molar refractivity (Wildman–Crippen MR) is 48.4 cm³/mol. The van der Waals surface area contributed by atoms with Crippen molar-refractivity contribution in [2.24, 2.45) is 5.73 Å². The fourth-order valence-electron chi connectivity index (χ4n) is 0.972. The van der Waals surface area contributed by atoms with Gasteiger partial charge in [-0.2, -0.15) is 0 Å². The number of rotatable bonds is 2. The highest BCUT2D eigenvalue weighted by molar-refractivity contribution is 5.82. The fourth-order valence-corrected chi connectivity index (χ4v) is 0.972. The van der Waals surface area contributed by atoms with Crippen LogP contribution in [0.5, 0.6) is 0 Å². The Morgan fingerprint density at radius 3 is 2.62 bits per heavy atom. The topological polar surface area (TPSA) is 69.1 Å². The zero-order valence-corrected chi connectivity index (χ0v) is 7.25. The molecule has 0 amide bonds. The van der Waals surface area contributed by atoms with E-state index in [0.29, 0.717) is 5.56 Å². The highest BCUT2D eigenvalue weighted by atomic mass is 19.1. The van der Waals surface area contributed by atoms with Crippen LogP contribution in [-0.4, -0.2) is 5.78 Å². The number of hydrogen-bond acceptors (Lipinski definition) is 3. The molecule has 0 aromatic heterocycles. The van der Waals surface area contributed by atoms with Crippen molar-refractivity contribution in [3.63, 3.8) is 0 Å². The summed E-state index contributed by atoms with van der Waals surface area (Å²) >= 11 is 0. The quantitative estimate of drug-likeness (QED) is 0.670. The van der Waals surface area contributed by atoms with E-state index in [0.717, 1.165) is 0 Å². The number of carbonyl (C=O) groups is 1. The third-order valence-corrected chi connectivity index (χ3v) is 1.82. The minimum absolute atomic E-state index is 0.0551. The molecule has 13 heavy (non-hydrogen) atoms. The second-order valence-electron chi connectivity index (χ2n) is 2.87. The molecule has 0 bridgehead atoms. The Morgan fingerprint density at radius 1 is 1.54 bits per heavy atom. The first-order valence-electron chi connectivity index (χ1n) is 3.83. The Bertz CT molecular complexity index is 338. The minimum Gasteiger partial charge on any atom is -0.396 e. The lowest BCUT2D eigenvalue weighted by molar-refractivity contribution is -0.118. The Balaban J connectivity index is 3.03. The largest absolute Gasteiger partial charge is 0.396 e. The molecule has 0 spiro atoms. The Kier molecular flexibility index (Phi) is 2.63. The molecule has 0 saturated heterocycles. The van der Waals surface area contributed by atoms with E-state index < -0.39 is 11.9 Å². The maximum Gasteiger partial charge on any atom is 0.150 e. The molecule has 3 nitrogen and oxygen atoms in total. The lowest BCUT2D eigenvalue weighted by Crippen LogP contribution is -2.18. The molecule has 0 saturated carbocycles. The Morgan fingerprint density at radius 2 is 2.15 bits per heavy atom. The summed E-state index contributed by atoms with van der Waals surface area (Å²) in [6.07, 6.45) is 0. The highest BCUT2D eigenvalue weighted by Gasteiger charge is 2.12. The van der Waals surface area contributed by atoms with Crippen LogP contribution < -0.4 is 11.5 Å². The first-order chi connectivity index (χ1) is 6.02. The molecular formula is C9H11FN2O. The summed E-state index contributed by atoms with van der Waals surface area (Å²) in [5.74, 6) is -0.752. The summed E-state index contributed by atoms with van der Waals surface area (Å²) in [6, 6.07) is 3.36. The van der Waals surface area contributed by atoms with Crippen molar-refractivity contribution >= 4 is 11.5 Å². The van der Waals surface area contributed by atoms with Crippen molar-refractivity contribution in [2.75, 3.05) is 5.73 Å². The third kappa shape index (κ3) is 2.03. The van der Waals surface area contributed by atoms with E-state index >= 15 is 0 Å². The summed E-state index contributed by atoms with van der Waals surface area (Å²) in [7, 11) is 0. The summed E-state index contributed by atoms with van der Waals surface area (Å²) in [5.41, 5.74) is 11.3. The van der Waals surface area contributed by atoms with Gasteiger partial charge in [-0.3, -0.25) is 4.79 Å². The number of benzene rings is 1. The Hall–Kier alpha value is -1.42. The molecule has 70 valence electrons. The minimum atomic E-state index is -0.768. The van der Waals surface area contributed by atoms with E-state index in [4.69, 9.17) is 11.5 Å². The molecule has 4 N–H and O–H groups in total. The van der Waals surface area contributed by atoms with Gasteiger partial charge in [0.1, 0.15) is 5.82 Å². The molecule has 0 aliphatic heterocycles. The van der Waals surface area contributed by atoms with Gasteiger partial charge in [-0.25, -0.2) is 4.39 Å². The van der Waals surface area contributed by atoms with Crippen LogP contribution in [0.15, 0.2) is 18.2 Å². The predicted octanol–water partition coefficient (Wildman–Crippen LogP) is 0.997. The van der Waals surface area contributed by atoms with Crippen molar-refractivity contribution < 1.29 is 9.18 Å². The lowest BCUT2D eigenvalue weighted by atomic mass is 10.0. The monoisotopic (exact) mass is 182 g/mol. The molecule has 0 aliphatic rings. The molecule has 0 radical (unpaired) electrons. The number of hydrogen-bond donors (Lipinski definition) is 2. The van der Waals surface area contributed by atoms with Crippen LogP contribution in [0.1, 0.15) is 18.5 Å². The van der Waals surface area contributed by atoms with Gasteiger partial charge in [0.2, 0.25) is 0 Å². The fraction of sp³-hybridized carbons (Fsp3) is 0.222. The Labute approximate surface area is 75.5 Å². The van der Waals surface area contributed by atoms with E-state index in [1.165, 1.54) is 19.1 Å². The van der Waals surface area contributed by atoms with Crippen molar-refractivity contribution in [1.82, 2.24) is 0 Å². The smallest absolute Gasteiger partial charge is 0.150 e. The first kappa shape index (κ1) is 9.67. The lowest BCUT2D eigenvalue weighted by Gasteiger charge is -2.08. The number of anilines is 1. The first-order valence-corrected chi connectivity index (χ1v) is 3.83. The van der Waals surface area contributed by atoms with Crippen LogP contribution >= 0.6 is 0 Å². The van der Waals surface area contributed by atoms with Crippen molar-refractivity contribution in [1.29, 1.82) is 0 Å². The summed E-state index contributed by atoms with van der Waals surface area (Å²) in [5, 5.41) is 0. The maximum absolute atomic E-state index is 12.9. The summed E-state index contributed by atoms with van der Waals surface area (Å²) in [6.45, 7) is 1.36. The zero-order chi connectivity index (χ0) is 10.0. The second-order valence-corrected chi connectivity index (χ2v) is 2.87. The van der Waals surface area contributed by atoms with Gasteiger partial charge < -0.3 is 11.5 Å². The highest BCUT2D eigenvalue weighted by Crippen LogP contribution is 2.17. The SMILES string of the molecule is CC(=O)C(N)c1ccc(N)c(F)c1. The van der Waals surface area contributed by atoms with Gasteiger partial charge in [-0.05, 0) is 24.6 Å². The standard InChI is InChI=1S/C9H11FN2O/c1-5(13)9(12)6-2-3-8(11)7(10)4-6/h2-4,9H,11-12H2,1H3. The summed E-state index contributed by atoms with van der Waals surface area (Å²) < 4.78 is 12.9. The van der Waals surface area contributed by atoms with Gasteiger partial charge in [0.15, 0.2) is 5.78 Å². The molecule has 1 atom stereocenters.